The fourth-order valence-corrected chi connectivity index (χ4v) is 2.52. The molecule has 2 rings (SSSR count). The van der Waals surface area contributed by atoms with Crippen molar-refractivity contribution in [2.75, 3.05) is 11.9 Å². The van der Waals surface area contributed by atoms with E-state index in [0.29, 0.717) is 12.2 Å². The van der Waals surface area contributed by atoms with Crippen LogP contribution in [0.15, 0.2) is 29.8 Å². The number of thiazole rings is 1. The summed E-state index contributed by atoms with van der Waals surface area (Å²) < 4.78 is 38.6. The second-order valence-corrected chi connectivity index (χ2v) is 5.45. The quantitative estimate of drug-likeness (QED) is 0.918. The monoisotopic (exact) mass is 311 g/mol. The van der Waals surface area contributed by atoms with E-state index in [2.05, 4.69) is 10.3 Å². The lowest BCUT2D eigenvalue weighted by Crippen LogP contribution is -2.12. The molecule has 1 atom stereocenters. The molecule has 21 heavy (non-hydrogen) atoms. The maximum atomic E-state index is 12.9. The van der Waals surface area contributed by atoms with E-state index >= 15 is 0 Å². The van der Waals surface area contributed by atoms with Crippen LogP contribution in [0.2, 0.25) is 0 Å². The Balaban J connectivity index is 2.13. The summed E-state index contributed by atoms with van der Waals surface area (Å²) in [5.74, 6) is 0.0926. The Morgan fingerprint density at radius 3 is 2.76 bits per heavy atom. The fraction of sp³-hybridized carbons (Fsp3) is 0.286. The van der Waals surface area contributed by atoms with Crippen LogP contribution in [0.3, 0.4) is 0 Å². The van der Waals surface area contributed by atoms with Gasteiger partial charge in [0.2, 0.25) is 0 Å². The molecule has 1 aromatic carbocycles. The number of alkyl halides is 3. The number of hydrogen-bond acceptors (Lipinski definition) is 4. The van der Waals surface area contributed by atoms with Crippen LogP contribution in [0.25, 0.3) is 0 Å². The summed E-state index contributed by atoms with van der Waals surface area (Å²) in [5.41, 5.74) is -0.956. The van der Waals surface area contributed by atoms with Crippen LogP contribution in [0.4, 0.5) is 18.9 Å². The van der Waals surface area contributed by atoms with Crippen LogP contribution in [0.1, 0.15) is 29.0 Å². The summed E-state index contributed by atoms with van der Waals surface area (Å²) in [4.78, 5) is 4.17. The SMILES string of the molecule is CC(CNc1ccc(C#N)c(C(F)(F)F)c1)c1nccs1. The number of halogens is 3. The Morgan fingerprint density at radius 2 is 2.19 bits per heavy atom. The van der Waals surface area contributed by atoms with Crippen molar-refractivity contribution in [1.82, 2.24) is 4.98 Å². The standard InChI is InChI=1S/C14H12F3N3S/c1-9(13-19-4-5-21-13)8-20-11-3-2-10(7-18)12(6-11)14(15,16)17/h2-6,9,20H,8H2,1H3. The van der Waals surface area contributed by atoms with E-state index in [4.69, 9.17) is 5.26 Å². The van der Waals surface area contributed by atoms with E-state index in [1.54, 1.807) is 12.3 Å². The lowest BCUT2D eigenvalue weighted by atomic mass is 10.1. The first kappa shape index (κ1) is 15.3. The average molecular weight is 311 g/mol. The van der Waals surface area contributed by atoms with Gasteiger partial charge in [0, 0.05) is 29.7 Å². The van der Waals surface area contributed by atoms with Crippen LogP contribution < -0.4 is 5.32 Å². The van der Waals surface area contributed by atoms with Gasteiger partial charge in [-0.3, -0.25) is 0 Å². The van der Waals surface area contributed by atoms with Gasteiger partial charge in [-0.2, -0.15) is 18.4 Å². The maximum Gasteiger partial charge on any atom is 0.417 e. The minimum absolute atomic E-state index is 0.0926. The second-order valence-electron chi connectivity index (χ2n) is 4.52. The molecule has 0 spiro atoms. The van der Waals surface area contributed by atoms with Gasteiger partial charge in [-0.1, -0.05) is 6.92 Å². The van der Waals surface area contributed by atoms with Gasteiger partial charge in [-0.25, -0.2) is 4.98 Å². The summed E-state index contributed by atoms with van der Waals surface area (Å²) in [6, 6.07) is 5.18. The largest absolute Gasteiger partial charge is 0.417 e. The predicted molar refractivity (Wildman–Crippen MR) is 75.2 cm³/mol. The molecule has 2 aromatic rings. The molecule has 0 fully saturated rings. The molecule has 1 aromatic heterocycles. The minimum Gasteiger partial charge on any atom is -0.384 e. The Hall–Kier alpha value is -2.07. The zero-order valence-corrected chi connectivity index (χ0v) is 11.9. The van der Waals surface area contributed by atoms with Crippen LogP contribution in [0.5, 0.6) is 0 Å². The Bertz CT molecular complexity index is 644. The number of nitriles is 1. The van der Waals surface area contributed by atoms with E-state index in [0.717, 1.165) is 11.1 Å². The van der Waals surface area contributed by atoms with Gasteiger partial charge in [0.05, 0.1) is 22.2 Å². The normalized spacial score (nSPS) is 12.7. The molecule has 0 aliphatic carbocycles. The molecule has 0 amide bonds. The smallest absolute Gasteiger partial charge is 0.384 e. The van der Waals surface area contributed by atoms with Gasteiger partial charge >= 0.3 is 6.18 Å². The van der Waals surface area contributed by atoms with Crippen LogP contribution in [-0.4, -0.2) is 11.5 Å². The first-order chi connectivity index (χ1) is 9.91. The Labute approximate surface area is 124 Å². The third-order valence-electron chi connectivity index (χ3n) is 2.93. The molecule has 110 valence electrons. The number of rotatable bonds is 4. The summed E-state index contributed by atoms with van der Waals surface area (Å²) in [6.07, 6.45) is -2.84. The second kappa shape index (κ2) is 6.14. The van der Waals surface area contributed by atoms with Gasteiger partial charge in [0.1, 0.15) is 0 Å². The highest BCUT2D eigenvalue weighted by atomic mass is 32.1. The van der Waals surface area contributed by atoms with E-state index in [1.165, 1.54) is 23.5 Å². The summed E-state index contributed by atoms with van der Waals surface area (Å²) in [5, 5.41) is 14.5. The number of nitrogens with zero attached hydrogens (tertiary/aromatic N) is 2. The lowest BCUT2D eigenvalue weighted by molar-refractivity contribution is -0.137. The summed E-state index contributed by atoms with van der Waals surface area (Å²) in [6.45, 7) is 2.41. The van der Waals surface area contributed by atoms with Gasteiger partial charge in [0.25, 0.3) is 0 Å². The zero-order chi connectivity index (χ0) is 15.5. The van der Waals surface area contributed by atoms with Gasteiger partial charge < -0.3 is 5.32 Å². The van der Waals surface area contributed by atoms with Crippen molar-refractivity contribution in [1.29, 1.82) is 5.26 Å². The summed E-state index contributed by atoms with van der Waals surface area (Å²) in [7, 11) is 0. The molecule has 7 heteroatoms. The van der Waals surface area contributed by atoms with Crippen LogP contribution >= 0.6 is 11.3 Å². The number of aromatic nitrogens is 1. The van der Waals surface area contributed by atoms with Crippen molar-refractivity contribution in [3.8, 4) is 6.07 Å². The highest BCUT2D eigenvalue weighted by molar-refractivity contribution is 7.09. The number of benzene rings is 1. The minimum atomic E-state index is -4.54. The van der Waals surface area contributed by atoms with Crippen molar-refractivity contribution >= 4 is 17.0 Å². The Morgan fingerprint density at radius 1 is 1.43 bits per heavy atom. The highest BCUT2D eigenvalue weighted by Gasteiger charge is 2.33. The molecule has 0 saturated carbocycles. The average Bonchev–Trinajstić information content (AvgIpc) is 2.97. The lowest BCUT2D eigenvalue weighted by Gasteiger charge is -2.14. The molecule has 0 bridgehead atoms. The molecule has 1 N–H and O–H groups in total. The molecular formula is C14H12F3N3S. The molecule has 0 saturated heterocycles. The van der Waals surface area contributed by atoms with E-state index in [-0.39, 0.29) is 11.5 Å². The molecule has 1 unspecified atom stereocenters. The topological polar surface area (TPSA) is 48.7 Å². The molecule has 3 nitrogen and oxygen atoms in total. The van der Waals surface area contributed by atoms with Crippen molar-refractivity contribution in [2.24, 2.45) is 0 Å². The van der Waals surface area contributed by atoms with Gasteiger partial charge in [0.15, 0.2) is 0 Å². The third-order valence-corrected chi connectivity index (χ3v) is 3.94. The molecule has 1 heterocycles. The van der Waals surface area contributed by atoms with E-state index in [9.17, 15) is 13.2 Å². The number of hydrogen-bond donors (Lipinski definition) is 1. The third kappa shape index (κ3) is 3.73. The number of anilines is 1. The van der Waals surface area contributed by atoms with Crippen molar-refractivity contribution in [2.45, 2.75) is 19.0 Å². The van der Waals surface area contributed by atoms with Gasteiger partial charge in [-0.05, 0) is 18.2 Å². The van der Waals surface area contributed by atoms with Crippen LogP contribution in [-0.2, 0) is 6.18 Å². The van der Waals surface area contributed by atoms with Gasteiger partial charge in [-0.15, -0.1) is 11.3 Å². The first-order valence-corrected chi connectivity index (χ1v) is 7.04. The maximum absolute atomic E-state index is 12.9. The van der Waals surface area contributed by atoms with Crippen molar-refractivity contribution in [3.63, 3.8) is 0 Å². The van der Waals surface area contributed by atoms with E-state index in [1.807, 2.05) is 12.3 Å². The zero-order valence-electron chi connectivity index (χ0n) is 11.1. The molecule has 0 aliphatic rings. The van der Waals surface area contributed by atoms with Crippen molar-refractivity contribution in [3.05, 3.63) is 45.9 Å². The summed E-state index contributed by atoms with van der Waals surface area (Å²) >= 11 is 1.51. The predicted octanol–water partition coefficient (Wildman–Crippen LogP) is 4.25. The first-order valence-electron chi connectivity index (χ1n) is 6.16. The molecule has 0 aliphatic heterocycles. The molecular weight excluding hydrogens is 299 g/mol. The number of nitrogens with one attached hydrogen (secondary N) is 1. The fourth-order valence-electron chi connectivity index (χ4n) is 1.82. The Kier molecular flexibility index (Phi) is 4.48. The molecule has 0 radical (unpaired) electrons. The highest BCUT2D eigenvalue weighted by Crippen LogP contribution is 2.33. The van der Waals surface area contributed by atoms with E-state index < -0.39 is 11.7 Å². The van der Waals surface area contributed by atoms with Crippen molar-refractivity contribution < 1.29 is 13.2 Å². The van der Waals surface area contributed by atoms with Crippen LogP contribution in [0, 0.1) is 11.3 Å².